The van der Waals surface area contributed by atoms with Crippen molar-refractivity contribution < 1.29 is 22.9 Å². The molecular weight excluding hydrogens is 576 g/mol. The number of carbonyl (C=O) groups is 1. The number of rotatable bonds is 10. The Morgan fingerprint density at radius 1 is 1.17 bits per heavy atom. The molecule has 0 bridgehead atoms. The molecule has 3 rings (SSSR count). The Morgan fingerprint density at radius 3 is 2.44 bits per heavy atom. The summed E-state index contributed by atoms with van der Waals surface area (Å²) in [6.45, 7) is -0.613. The molecule has 3 aromatic carbocycles. The van der Waals surface area contributed by atoms with Gasteiger partial charge in [0, 0.05) is 27.7 Å². The molecule has 0 aromatic heterocycles. The molecule has 36 heavy (non-hydrogen) atoms. The predicted octanol–water partition coefficient (Wildman–Crippen LogP) is 4.36. The third-order valence-corrected chi connectivity index (χ3v) is 7.43. The fraction of sp³-hybridized carbons (Fsp3) is 0.130. The maximum atomic E-state index is 13.3. The minimum atomic E-state index is -4.04. The van der Waals surface area contributed by atoms with E-state index in [-0.39, 0.29) is 22.9 Å². The molecule has 1 amide bonds. The molecule has 0 saturated carbocycles. The first-order valence-electron chi connectivity index (χ1n) is 10.2. The minimum Gasteiger partial charge on any atom is -0.490 e. The average Bonchev–Trinajstić information content (AvgIpc) is 2.85. The van der Waals surface area contributed by atoms with Crippen molar-refractivity contribution in [3.8, 4) is 5.75 Å². The number of ether oxygens (including phenoxy) is 1. The summed E-state index contributed by atoms with van der Waals surface area (Å²) >= 11 is 9.20. The van der Waals surface area contributed by atoms with E-state index in [4.69, 9.17) is 16.3 Å². The zero-order valence-corrected chi connectivity index (χ0v) is 22.0. The van der Waals surface area contributed by atoms with Gasteiger partial charge in [-0.25, -0.2) is 13.8 Å². The smallest absolute Gasteiger partial charge is 0.311 e. The summed E-state index contributed by atoms with van der Waals surface area (Å²) in [7, 11) is -2.73. The van der Waals surface area contributed by atoms with Crippen molar-refractivity contribution in [1.82, 2.24) is 9.73 Å². The van der Waals surface area contributed by atoms with E-state index in [2.05, 4.69) is 26.5 Å². The highest BCUT2D eigenvalue weighted by molar-refractivity contribution is 9.10. The normalized spacial score (nSPS) is 11.6. The predicted molar refractivity (Wildman–Crippen MR) is 139 cm³/mol. The van der Waals surface area contributed by atoms with E-state index in [0.29, 0.717) is 20.6 Å². The van der Waals surface area contributed by atoms with Gasteiger partial charge in [0.25, 0.3) is 5.91 Å². The van der Waals surface area contributed by atoms with Crippen LogP contribution < -0.4 is 10.2 Å². The fourth-order valence-electron chi connectivity index (χ4n) is 3.08. The van der Waals surface area contributed by atoms with E-state index in [1.807, 2.05) is 0 Å². The maximum absolute atomic E-state index is 13.3. The Bertz CT molecular complexity index is 1380. The lowest BCUT2D eigenvalue weighted by atomic mass is 10.2. The summed E-state index contributed by atoms with van der Waals surface area (Å²) in [5.41, 5.74) is 2.96. The molecule has 13 heteroatoms. The summed E-state index contributed by atoms with van der Waals surface area (Å²) < 4.78 is 33.3. The summed E-state index contributed by atoms with van der Waals surface area (Å²) in [5.74, 6) is -0.624. The van der Waals surface area contributed by atoms with Crippen LogP contribution in [0.4, 0.5) is 5.69 Å². The van der Waals surface area contributed by atoms with Gasteiger partial charge in [0.1, 0.15) is 0 Å². The monoisotopic (exact) mass is 594 g/mol. The summed E-state index contributed by atoms with van der Waals surface area (Å²) in [6.07, 6.45) is 1.21. The first kappa shape index (κ1) is 27.3. The van der Waals surface area contributed by atoms with Gasteiger partial charge < -0.3 is 4.74 Å². The Balaban J connectivity index is 1.78. The third-order valence-electron chi connectivity index (χ3n) is 4.85. The van der Waals surface area contributed by atoms with Gasteiger partial charge in [-0.3, -0.25) is 14.9 Å². The number of sulfonamides is 1. The molecule has 188 valence electrons. The number of amides is 1. The lowest BCUT2D eigenvalue weighted by molar-refractivity contribution is -0.385. The van der Waals surface area contributed by atoms with Crippen LogP contribution in [0.25, 0.3) is 0 Å². The summed E-state index contributed by atoms with van der Waals surface area (Å²) in [4.78, 5) is 23.2. The number of nitro groups is 1. The average molecular weight is 596 g/mol. The van der Waals surface area contributed by atoms with Gasteiger partial charge in [-0.2, -0.15) is 9.41 Å². The van der Waals surface area contributed by atoms with Crippen LogP contribution >= 0.6 is 27.5 Å². The van der Waals surface area contributed by atoms with Crippen molar-refractivity contribution in [3.63, 3.8) is 0 Å². The molecule has 0 spiro atoms. The number of benzene rings is 3. The van der Waals surface area contributed by atoms with Crippen molar-refractivity contribution in [1.29, 1.82) is 0 Å². The molecule has 1 N–H and O–H groups in total. The number of halogens is 2. The Kier molecular flexibility index (Phi) is 9.15. The number of nitrogens with zero attached hydrogens (tertiary/aromatic N) is 3. The first-order valence-corrected chi connectivity index (χ1v) is 12.9. The SMILES string of the molecule is COc1ccc(/C=N\NC(=O)CN(Cc2ccc(Cl)cc2)S(=O)(=O)c2ccc(Br)cc2)cc1[N+](=O)[O-]. The van der Waals surface area contributed by atoms with Gasteiger partial charge in [-0.1, -0.05) is 39.7 Å². The van der Waals surface area contributed by atoms with Crippen LogP contribution in [0.3, 0.4) is 0 Å². The highest BCUT2D eigenvalue weighted by atomic mass is 79.9. The van der Waals surface area contributed by atoms with Crippen LogP contribution in [0.1, 0.15) is 11.1 Å². The second-order valence-corrected chi connectivity index (χ2v) is 10.6. The Labute approximate surface area is 220 Å². The highest BCUT2D eigenvalue weighted by Crippen LogP contribution is 2.27. The largest absolute Gasteiger partial charge is 0.490 e. The molecule has 0 unspecified atom stereocenters. The van der Waals surface area contributed by atoms with Crippen LogP contribution in [0, 0.1) is 10.1 Å². The van der Waals surface area contributed by atoms with E-state index in [1.165, 1.54) is 43.7 Å². The van der Waals surface area contributed by atoms with E-state index < -0.39 is 27.4 Å². The van der Waals surface area contributed by atoms with Gasteiger partial charge in [0.05, 0.1) is 29.7 Å². The van der Waals surface area contributed by atoms with Gasteiger partial charge in [-0.15, -0.1) is 0 Å². The number of nitrogens with one attached hydrogen (secondary N) is 1. The molecule has 0 heterocycles. The van der Waals surface area contributed by atoms with Crippen molar-refractivity contribution in [2.24, 2.45) is 5.10 Å². The molecule has 3 aromatic rings. The van der Waals surface area contributed by atoms with Crippen molar-refractivity contribution >= 4 is 55.4 Å². The minimum absolute atomic E-state index is 0.0153. The topological polar surface area (TPSA) is 131 Å². The van der Waals surface area contributed by atoms with Gasteiger partial charge in [0.2, 0.25) is 10.0 Å². The van der Waals surface area contributed by atoms with Crippen LogP contribution in [0.2, 0.25) is 5.02 Å². The van der Waals surface area contributed by atoms with E-state index in [0.717, 1.165) is 4.31 Å². The van der Waals surface area contributed by atoms with Gasteiger partial charge in [0.15, 0.2) is 5.75 Å². The molecule has 10 nitrogen and oxygen atoms in total. The molecule has 0 aliphatic heterocycles. The van der Waals surface area contributed by atoms with E-state index in [9.17, 15) is 23.3 Å². The molecule has 0 aliphatic rings. The standard InChI is InChI=1S/C23H20BrClN4O6S/c1-35-22-11-4-17(12-21(22)29(31)32)13-26-27-23(30)15-28(14-16-2-7-19(25)8-3-16)36(33,34)20-9-5-18(24)6-10-20/h2-13H,14-15H2,1H3,(H,27,30)/b26-13-. The highest BCUT2D eigenvalue weighted by Gasteiger charge is 2.27. The lowest BCUT2D eigenvalue weighted by Gasteiger charge is -2.21. The Morgan fingerprint density at radius 2 is 1.83 bits per heavy atom. The molecule has 0 aliphatic carbocycles. The van der Waals surface area contributed by atoms with E-state index in [1.54, 1.807) is 36.4 Å². The second kappa shape index (κ2) is 12.1. The molecule has 0 fully saturated rings. The molecule has 0 radical (unpaired) electrons. The first-order chi connectivity index (χ1) is 17.1. The number of hydrazone groups is 1. The fourth-order valence-corrected chi connectivity index (χ4v) is 4.85. The Hall–Kier alpha value is -3.32. The zero-order valence-electron chi connectivity index (χ0n) is 18.8. The quantitative estimate of drug-likeness (QED) is 0.211. The second-order valence-electron chi connectivity index (χ2n) is 7.34. The number of methoxy groups -OCH3 is 1. The lowest BCUT2D eigenvalue weighted by Crippen LogP contribution is -2.39. The third kappa shape index (κ3) is 7.10. The summed E-state index contributed by atoms with van der Waals surface area (Å²) in [6, 6.07) is 16.8. The number of hydrogen-bond donors (Lipinski definition) is 1. The number of carbonyl (C=O) groups excluding carboxylic acids is 1. The van der Waals surface area contributed by atoms with Crippen molar-refractivity contribution in [2.45, 2.75) is 11.4 Å². The van der Waals surface area contributed by atoms with Crippen LogP contribution in [-0.4, -0.2) is 43.4 Å². The maximum Gasteiger partial charge on any atom is 0.311 e. The summed E-state index contributed by atoms with van der Waals surface area (Å²) in [5, 5.41) is 15.5. The van der Waals surface area contributed by atoms with Crippen molar-refractivity contribution in [2.75, 3.05) is 13.7 Å². The molecule has 0 saturated heterocycles. The van der Waals surface area contributed by atoms with Crippen LogP contribution in [0.5, 0.6) is 5.75 Å². The van der Waals surface area contributed by atoms with Crippen molar-refractivity contribution in [3.05, 3.63) is 97.5 Å². The van der Waals surface area contributed by atoms with Gasteiger partial charge in [-0.05, 0) is 54.1 Å². The number of nitro benzene ring substituents is 1. The number of hydrogen-bond acceptors (Lipinski definition) is 7. The van der Waals surface area contributed by atoms with Gasteiger partial charge >= 0.3 is 5.69 Å². The van der Waals surface area contributed by atoms with Crippen LogP contribution in [0.15, 0.2) is 81.2 Å². The zero-order chi connectivity index (χ0) is 26.3. The molecular formula is C23H20BrClN4O6S. The molecule has 0 atom stereocenters. The van der Waals surface area contributed by atoms with Crippen LogP contribution in [-0.2, 0) is 21.4 Å². The van der Waals surface area contributed by atoms with E-state index >= 15 is 0 Å².